The summed E-state index contributed by atoms with van der Waals surface area (Å²) in [6, 6.07) is 35.3. The fourth-order valence-electron chi connectivity index (χ4n) is 2.99. The molecule has 0 aliphatic carbocycles. The quantitative estimate of drug-likeness (QED) is 0.385. The van der Waals surface area contributed by atoms with E-state index < -0.39 is 0 Å². The number of rotatable bonds is 4. The zero-order valence-corrected chi connectivity index (χ0v) is 14.7. The number of aryl methyl sites for hydroxylation is 1. The normalized spacial score (nSPS) is 10.5. The smallest absolute Gasteiger partial charge is 0.128 e. The standard InChI is InChI=1S/C25H20O/c1-19-13-15-21(16-14-19)23-10-6-12-25(18-23)26-24-11-5-9-22(17-24)20-7-3-2-4-8-20/h2-18H,1H3. The van der Waals surface area contributed by atoms with Crippen LogP contribution in [-0.4, -0.2) is 0 Å². The van der Waals surface area contributed by atoms with E-state index >= 15 is 0 Å². The van der Waals surface area contributed by atoms with E-state index in [0.29, 0.717) is 0 Å². The summed E-state index contributed by atoms with van der Waals surface area (Å²) in [6.45, 7) is 2.10. The summed E-state index contributed by atoms with van der Waals surface area (Å²) in [6.07, 6.45) is 0. The Morgan fingerprint density at radius 2 is 0.962 bits per heavy atom. The Morgan fingerprint density at radius 1 is 0.462 bits per heavy atom. The molecule has 0 aliphatic heterocycles. The van der Waals surface area contributed by atoms with E-state index in [2.05, 4.69) is 67.6 Å². The van der Waals surface area contributed by atoms with Crippen LogP contribution in [0.15, 0.2) is 103 Å². The van der Waals surface area contributed by atoms with E-state index in [4.69, 9.17) is 4.74 Å². The van der Waals surface area contributed by atoms with Gasteiger partial charge in [-0.15, -0.1) is 0 Å². The number of hydrogen-bond acceptors (Lipinski definition) is 1. The second kappa shape index (κ2) is 7.28. The maximum Gasteiger partial charge on any atom is 0.128 e. The highest BCUT2D eigenvalue weighted by atomic mass is 16.5. The topological polar surface area (TPSA) is 9.23 Å². The predicted octanol–water partition coefficient (Wildman–Crippen LogP) is 7.12. The molecule has 4 rings (SSSR count). The molecule has 4 aromatic carbocycles. The number of benzene rings is 4. The van der Waals surface area contributed by atoms with Crippen molar-refractivity contribution in [2.75, 3.05) is 0 Å². The molecule has 0 heterocycles. The minimum absolute atomic E-state index is 0.840. The first-order valence-corrected chi connectivity index (χ1v) is 8.78. The second-order valence-electron chi connectivity index (χ2n) is 6.39. The van der Waals surface area contributed by atoms with Crippen LogP contribution in [0.1, 0.15) is 5.56 Å². The minimum Gasteiger partial charge on any atom is -0.457 e. The molecule has 126 valence electrons. The van der Waals surface area contributed by atoms with Crippen LogP contribution in [0.3, 0.4) is 0 Å². The third-order valence-corrected chi connectivity index (χ3v) is 4.40. The molecule has 0 amide bonds. The summed E-state index contributed by atoms with van der Waals surface area (Å²) in [5.41, 5.74) is 5.95. The van der Waals surface area contributed by atoms with Crippen molar-refractivity contribution in [2.45, 2.75) is 6.92 Å². The van der Waals surface area contributed by atoms with Crippen molar-refractivity contribution < 1.29 is 4.74 Å². The lowest BCUT2D eigenvalue weighted by atomic mass is 10.0. The molecule has 1 nitrogen and oxygen atoms in total. The molecule has 0 aromatic heterocycles. The van der Waals surface area contributed by atoms with Gasteiger partial charge in [-0.25, -0.2) is 0 Å². The van der Waals surface area contributed by atoms with Gasteiger partial charge >= 0.3 is 0 Å². The van der Waals surface area contributed by atoms with Crippen LogP contribution in [0.4, 0.5) is 0 Å². The second-order valence-corrected chi connectivity index (χ2v) is 6.39. The summed E-state index contributed by atoms with van der Waals surface area (Å²) >= 11 is 0. The van der Waals surface area contributed by atoms with Gasteiger partial charge in [0.05, 0.1) is 0 Å². The van der Waals surface area contributed by atoms with Gasteiger partial charge in [-0.05, 0) is 53.4 Å². The van der Waals surface area contributed by atoms with Gasteiger partial charge in [-0.1, -0.05) is 84.4 Å². The molecule has 0 N–H and O–H groups in total. The molecular weight excluding hydrogens is 316 g/mol. The molecule has 0 unspecified atom stereocenters. The molecule has 0 atom stereocenters. The van der Waals surface area contributed by atoms with Gasteiger partial charge in [-0.2, -0.15) is 0 Å². The third kappa shape index (κ3) is 3.68. The summed E-state index contributed by atoms with van der Waals surface area (Å²) in [4.78, 5) is 0. The average Bonchev–Trinajstić information content (AvgIpc) is 2.70. The van der Waals surface area contributed by atoms with Crippen molar-refractivity contribution in [3.05, 3.63) is 109 Å². The highest BCUT2D eigenvalue weighted by molar-refractivity contribution is 5.67. The van der Waals surface area contributed by atoms with Crippen LogP contribution in [0, 0.1) is 6.92 Å². The van der Waals surface area contributed by atoms with Crippen LogP contribution in [0.5, 0.6) is 11.5 Å². The molecule has 1 heteroatoms. The Bertz CT molecular complexity index is 1000. The fraction of sp³-hybridized carbons (Fsp3) is 0.0400. The van der Waals surface area contributed by atoms with E-state index in [1.165, 1.54) is 16.7 Å². The van der Waals surface area contributed by atoms with Gasteiger partial charge < -0.3 is 4.74 Å². The van der Waals surface area contributed by atoms with Crippen molar-refractivity contribution in [2.24, 2.45) is 0 Å². The molecule has 0 aliphatic rings. The third-order valence-electron chi connectivity index (χ3n) is 4.40. The SMILES string of the molecule is Cc1ccc(-c2cccc(Oc3cccc(-c4ccccc4)c3)c2)cc1. The summed E-state index contributed by atoms with van der Waals surface area (Å²) in [7, 11) is 0. The van der Waals surface area contributed by atoms with Gasteiger partial charge in [0.25, 0.3) is 0 Å². The molecule has 0 spiro atoms. The lowest BCUT2D eigenvalue weighted by Gasteiger charge is -2.10. The van der Waals surface area contributed by atoms with Crippen LogP contribution in [0.2, 0.25) is 0 Å². The molecule has 0 bridgehead atoms. The maximum absolute atomic E-state index is 6.13. The lowest BCUT2D eigenvalue weighted by Crippen LogP contribution is -1.86. The first kappa shape index (κ1) is 16.2. The Morgan fingerprint density at radius 3 is 1.54 bits per heavy atom. The van der Waals surface area contributed by atoms with Crippen molar-refractivity contribution in [3.63, 3.8) is 0 Å². The van der Waals surface area contributed by atoms with E-state index in [9.17, 15) is 0 Å². The molecule has 0 saturated heterocycles. The highest BCUT2D eigenvalue weighted by Crippen LogP contribution is 2.30. The van der Waals surface area contributed by atoms with E-state index in [0.717, 1.165) is 22.6 Å². The minimum atomic E-state index is 0.840. The summed E-state index contributed by atoms with van der Waals surface area (Å²) in [5, 5.41) is 0. The molecule has 4 aromatic rings. The Hall–Kier alpha value is -3.32. The summed E-state index contributed by atoms with van der Waals surface area (Å²) in [5.74, 6) is 1.68. The predicted molar refractivity (Wildman–Crippen MR) is 109 cm³/mol. The zero-order chi connectivity index (χ0) is 17.8. The van der Waals surface area contributed by atoms with Crippen molar-refractivity contribution in [3.8, 4) is 33.8 Å². The zero-order valence-electron chi connectivity index (χ0n) is 14.7. The molecule has 0 saturated carbocycles. The number of ether oxygens (including phenoxy) is 1. The van der Waals surface area contributed by atoms with Crippen LogP contribution < -0.4 is 4.74 Å². The fourth-order valence-corrected chi connectivity index (χ4v) is 2.99. The number of hydrogen-bond donors (Lipinski definition) is 0. The summed E-state index contributed by atoms with van der Waals surface area (Å²) < 4.78 is 6.13. The van der Waals surface area contributed by atoms with E-state index in [-0.39, 0.29) is 0 Å². The lowest BCUT2D eigenvalue weighted by molar-refractivity contribution is 0.483. The van der Waals surface area contributed by atoms with E-state index in [1.807, 2.05) is 42.5 Å². The Kier molecular flexibility index (Phi) is 4.53. The largest absolute Gasteiger partial charge is 0.457 e. The molecular formula is C25H20O. The van der Waals surface area contributed by atoms with Crippen molar-refractivity contribution in [1.82, 2.24) is 0 Å². The molecule has 0 radical (unpaired) electrons. The van der Waals surface area contributed by atoms with Crippen molar-refractivity contribution >= 4 is 0 Å². The monoisotopic (exact) mass is 336 g/mol. The van der Waals surface area contributed by atoms with Gasteiger partial charge in [0.1, 0.15) is 11.5 Å². The van der Waals surface area contributed by atoms with Gasteiger partial charge in [-0.3, -0.25) is 0 Å². The highest BCUT2D eigenvalue weighted by Gasteiger charge is 2.03. The molecule has 26 heavy (non-hydrogen) atoms. The Balaban J connectivity index is 1.60. The van der Waals surface area contributed by atoms with Crippen molar-refractivity contribution in [1.29, 1.82) is 0 Å². The van der Waals surface area contributed by atoms with E-state index in [1.54, 1.807) is 0 Å². The Labute approximate surface area is 154 Å². The van der Waals surface area contributed by atoms with Crippen LogP contribution in [-0.2, 0) is 0 Å². The van der Waals surface area contributed by atoms with Crippen LogP contribution in [0.25, 0.3) is 22.3 Å². The van der Waals surface area contributed by atoms with Gasteiger partial charge in [0.15, 0.2) is 0 Å². The van der Waals surface area contributed by atoms with Gasteiger partial charge in [0, 0.05) is 0 Å². The first-order valence-electron chi connectivity index (χ1n) is 8.78. The molecule has 0 fully saturated rings. The van der Waals surface area contributed by atoms with Crippen LogP contribution >= 0.6 is 0 Å². The first-order chi connectivity index (χ1) is 12.8. The maximum atomic E-state index is 6.13. The van der Waals surface area contributed by atoms with Gasteiger partial charge in [0.2, 0.25) is 0 Å². The average molecular weight is 336 g/mol.